The monoisotopic (exact) mass is 299 g/mol. The first-order valence-electron chi connectivity index (χ1n) is 6.39. The third-order valence-corrected chi connectivity index (χ3v) is 2.91. The number of nitrogens with one attached hydrogen (secondary N) is 1. The lowest BCUT2D eigenvalue weighted by Gasteiger charge is -2.18. The van der Waals surface area contributed by atoms with Gasteiger partial charge in [0.1, 0.15) is 11.8 Å². The van der Waals surface area contributed by atoms with Crippen LogP contribution in [0.3, 0.4) is 0 Å². The molecule has 0 saturated heterocycles. The first-order valence-corrected chi connectivity index (χ1v) is 6.77. The van der Waals surface area contributed by atoms with Crippen LogP contribution in [0.5, 0.6) is 5.75 Å². The van der Waals surface area contributed by atoms with E-state index in [9.17, 15) is 9.59 Å². The van der Waals surface area contributed by atoms with Gasteiger partial charge >= 0.3 is 5.97 Å². The topological polar surface area (TPSA) is 75.6 Å². The first kappa shape index (κ1) is 16.3. The van der Waals surface area contributed by atoms with E-state index >= 15 is 0 Å². The van der Waals surface area contributed by atoms with Crippen molar-refractivity contribution in [3.63, 3.8) is 0 Å². The van der Waals surface area contributed by atoms with Crippen LogP contribution in [0.2, 0.25) is 5.02 Å². The van der Waals surface area contributed by atoms with Crippen molar-refractivity contribution in [1.82, 2.24) is 5.32 Å². The molecular formula is C14H18ClNO4. The van der Waals surface area contributed by atoms with E-state index in [4.69, 9.17) is 21.4 Å². The highest BCUT2D eigenvalue weighted by Crippen LogP contribution is 2.18. The quantitative estimate of drug-likeness (QED) is 0.811. The number of ether oxygens (including phenoxy) is 1. The zero-order valence-electron chi connectivity index (χ0n) is 11.4. The van der Waals surface area contributed by atoms with Crippen molar-refractivity contribution in [3.05, 3.63) is 29.3 Å². The Hall–Kier alpha value is -1.75. The highest BCUT2D eigenvalue weighted by atomic mass is 35.5. The molecule has 1 aromatic rings. The van der Waals surface area contributed by atoms with Gasteiger partial charge in [-0.2, -0.15) is 0 Å². The van der Waals surface area contributed by atoms with E-state index in [-0.39, 0.29) is 0 Å². The van der Waals surface area contributed by atoms with Gasteiger partial charge in [-0.25, -0.2) is 4.79 Å². The molecule has 0 aromatic heterocycles. The molecule has 2 atom stereocenters. The number of hydrogen-bond acceptors (Lipinski definition) is 3. The summed E-state index contributed by atoms with van der Waals surface area (Å²) in [7, 11) is 0. The molecule has 2 N–H and O–H groups in total. The summed E-state index contributed by atoms with van der Waals surface area (Å²) < 4.78 is 5.43. The van der Waals surface area contributed by atoms with Crippen molar-refractivity contribution >= 4 is 23.5 Å². The molecule has 5 nitrogen and oxygen atoms in total. The third kappa shape index (κ3) is 5.09. The number of benzene rings is 1. The second-order valence-corrected chi connectivity index (χ2v) is 4.84. The van der Waals surface area contributed by atoms with Gasteiger partial charge in [-0.3, -0.25) is 4.79 Å². The second kappa shape index (κ2) is 7.75. The minimum atomic E-state index is -1.05. The van der Waals surface area contributed by atoms with E-state index in [0.29, 0.717) is 23.6 Å². The number of amides is 1. The maximum absolute atomic E-state index is 11.9. The summed E-state index contributed by atoms with van der Waals surface area (Å²) in [5, 5.41) is 11.9. The van der Waals surface area contributed by atoms with Gasteiger partial charge < -0.3 is 15.2 Å². The summed E-state index contributed by atoms with van der Waals surface area (Å²) in [6.45, 7) is 3.41. The van der Waals surface area contributed by atoms with E-state index in [1.54, 1.807) is 31.2 Å². The van der Waals surface area contributed by atoms with Crippen molar-refractivity contribution in [2.24, 2.45) is 0 Å². The first-order chi connectivity index (χ1) is 9.43. The molecule has 0 aliphatic rings. The van der Waals surface area contributed by atoms with Gasteiger partial charge in [0.15, 0.2) is 6.10 Å². The molecule has 6 heteroatoms. The predicted octanol–water partition coefficient (Wildman–Crippen LogP) is 2.48. The lowest BCUT2D eigenvalue weighted by Crippen LogP contribution is -2.46. The minimum Gasteiger partial charge on any atom is -0.481 e. The van der Waals surface area contributed by atoms with E-state index < -0.39 is 24.0 Å². The van der Waals surface area contributed by atoms with Crippen LogP contribution >= 0.6 is 11.6 Å². The van der Waals surface area contributed by atoms with Crippen molar-refractivity contribution in [2.45, 2.75) is 38.8 Å². The number of carbonyl (C=O) groups excluding carboxylic acids is 1. The summed E-state index contributed by atoms with van der Waals surface area (Å²) in [6, 6.07) is 5.78. The number of aliphatic carboxylic acids is 1. The minimum absolute atomic E-state index is 0.380. The number of carbonyl (C=O) groups is 2. The van der Waals surface area contributed by atoms with Crippen LogP contribution in [0.4, 0.5) is 0 Å². The zero-order valence-corrected chi connectivity index (χ0v) is 12.2. The van der Waals surface area contributed by atoms with Crippen LogP contribution in [0.15, 0.2) is 24.3 Å². The Labute approximate surface area is 122 Å². The Kier molecular flexibility index (Phi) is 6.31. The van der Waals surface area contributed by atoms with E-state index in [1.807, 2.05) is 6.92 Å². The number of hydrogen-bond donors (Lipinski definition) is 2. The lowest BCUT2D eigenvalue weighted by atomic mass is 10.1. The Morgan fingerprint density at radius 2 is 2.15 bits per heavy atom. The summed E-state index contributed by atoms with van der Waals surface area (Å²) in [6.07, 6.45) is 0.248. The molecule has 20 heavy (non-hydrogen) atoms. The molecule has 0 aliphatic carbocycles. The fourth-order valence-corrected chi connectivity index (χ4v) is 1.81. The molecule has 0 aliphatic heterocycles. The van der Waals surface area contributed by atoms with Crippen LogP contribution in [0.25, 0.3) is 0 Å². The van der Waals surface area contributed by atoms with Gasteiger partial charge in [0.2, 0.25) is 0 Å². The number of rotatable bonds is 7. The molecule has 0 bridgehead atoms. The van der Waals surface area contributed by atoms with Crippen molar-refractivity contribution in [1.29, 1.82) is 0 Å². The average molecular weight is 300 g/mol. The third-order valence-electron chi connectivity index (χ3n) is 2.67. The molecule has 0 spiro atoms. The van der Waals surface area contributed by atoms with Crippen LogP contribution in [-0.2, 0) is 9.59 Å². The van der Waals surface area contributed by atoms with Crippen molar-refractivity contribution in [2.75, 3.05) is 0 Å². The van der Waals surface area contributed by atoms with Crippen molar-refractivity contribution in [3.8, 4) is 5.75 Å². The molecule has 1 aromatic carbocycles. The SMILES string of the molecule is CCCC(NC(=O)C(C)Oc1cccc(Cl)c1)C(=O)O. The zero-order chi connectivity index (χ0) is 15.1. The average Bonchev–Trinajstić information content (AvgIpc) is 2.37. The smallest absolute Gasteiger partial charge is 0.326 e. The van der Waals surface area contributed by atoms with Gasteiger partial charge in [-0.05, 0) is 31.5 Å². The Morgan fingerprint density at radius 1 is 1.45 bits per heavy atom. The summed E-state index contributed by atoms with van der Waals surface area (Å²) in [5.41, 5.74) is 0. The van der Waals surface area contributed by atoms with Gasteiger partial charge in [-0.1, -0.05) is 31.0 Å². The number of carboxylic acids is 1. The molecule has 1 amide bonds. The summed E-state index contributed by atoms with van der Waals surface area (Å²) >= 11 is 5.82. The second-order valence-electron chi connectivity index (χ2n) is 4.41. The molecule has 2 unspecified atom stereocenters. The fourth-order valence-electron chi connectivity index (χ4n) is 1.63. The summed E-state index contributed by atoms with van der Waals surface area (Å²) in [4.78, 5) is 22.9. The Morgan fingerprint density at radius 3 is 2.70 bits per heavy atom. The van der Waals surface area contributed by atoms with Crippen LogP contribution in [0.1, 0.15) is 26.7 Å². The lowest BCUT2D eigenvalue weighted by molar-refractivity contribution is -0.143. The van der Waals surface area contributed by atoms with E-state index in [2.05, 4.69) is 5.32 Å². The normalized spacial score (nSPS) is 13.3. The Bertz CT molecular complexity index is 478. The fraction of sp³-hybridized carbons (Fsp3) is 0.429. The van der Waals surface area contributed by atoms with Crippen molar-refractivity contribution < 1.29 is 19.4 Å². The van der Waals surface area contributed by atoms with Crippen LogP contribution in [-0.4, -0.2) is 29.1 Å². The highest BCUT2D eigenvalue weighted by molar-refractivity contribution is 6.30. The molecular weight excluding hydrogens is 282 g/mol. The molecule has 0 heterocycles. The molecule has 0 fully saturated rings. The molecule has 0 radical (unpaired) electrons. The van der Waals surface area contributed by atoms with Crippen LogP contribution in [0, 0.1) is 0 Å². The Balaban J connectivity index is 2.60. The van der Waals surface area contributed by atoms with Crippen LogP contribution < -0.4 is 10.1 Å². The molecule has 0 saturated carbocycles. The van der Waals surface area contributed by atoms with Gasteiger partial charge in [0, 0.05) is 5.02 Å². The predicted molar refractivity (Wildman–Crippen MR) is 76.0 cm³/mol. The highest BCUT2D eigenvalue weighted by Gasteiger charge is 2.23. The van der Waals surface area contributed by atoms with Gasteiger partial charge in [0.25, 0.3) is 5.91 Å². The maximum Gasteiger partial charge on any atom is 0.326 e. The van der Waals surface area contributed by atoms with E-state index in [1.165, 1.54) is 0 Å². The standard InChI is InChI=1S/C14H18ClNO4/c1-3-5-12(14(18)19)16-13(17)9(2)20-11-7-4-6-10(15)8-11/h4,6-9,12H,3,5H2,1-2H3,(H,16,17)(H,18,19). The molecule has 1 rings (SSSR count). The molecule has 110 valence electrons. The summed E-state index contributed by atoms with van der Waals surface area (Å²) in [5.74, 6) is -1.05. The maximum atomic E-state index is 11.9. The number of carboxylic acid groups (broad SMARTS) is 1. The van der Waals surface area contributed by atoms with Gasteiger partial charge in [-0.15, -0.1) is 0 Å². The van der Waals surface area contributed by atoms with Gasteiger partial charge in [0.05, 0.1) is 0 Å². The van der Waals surface area contributed by atoms with E-state index in [0.717, 1.165) is 0 Å². The number of halogens is 1. The largest absolute Gasteiger partial charge is 0.481 e.